The van der Waals surface area contributed by atoms with Crippen molar-refractivity contribution in [1.82, 2.24) is 20.4 Å². The number of hydrogen-bond donors (Lipinski definition) is 1. The van der Waals surface area contributed by atoms with Crippen LogP contribution >= 0.6 is 11.3 Å². The van der Waals surface area contributed by atoms with Crippen LogP contribution in [0.2, 0.25) is 0 Å². The van der Waals surface area contributed by atoms with Crippen molar-refractivity contribution < 1.29 is 4.52 Å². The van der Waals surface area contributed by atoms with Crippen LogP contribution in [-0.2, 0) is 6.54 Å². The van der Waals surface area contributed by atoms with Crippen LogP contribution in [0.25, 0.3) is 10.8 Å². The molecule has 4 heterocycles. The standard InChI is InChI=1S/C15H20N4OS/c1-2-12-11-7-16-6-10(11)8-19(12)9-14-17-15(20-18-14)13-4-3-5-21-13/h3-5,10-12,16H,2,6-9H2,1H3. The molecule has 3 unspecified atom stereocenters. The average molecular weight is 304 g/mol. The number of thiophene rings is 1. The minimum absolute atomic E-state index is 0.647. The van der Waals surface area contributed by atoms with E-state index in [9.17, 15) is 0 Å². The number of rotatable bonds is 4. The Labute approximate surface area is 128 Å². The van der Waals surface area contributed by atoms with Crippen molar-refractivity contribution in [3.8, 4) is 10.8 Å². The van der Waals surface area contributed by atoms with E-state index in [-0.39, 0.29) is 0 Å². The predicted octanol–water partition coefficient (Wildman–Crippen LogP) is 2.23. The van der Waals surface area contributed by atoms with Gasteiger partial charge in [0, 0.05) is 12.6 Å². The molecule has 2 aliphatic heterocycles. The largest absolute Gasteiger partial charge is 0.333 e. The quantitative estimate of drug-likeness (QED) is 0.939. The second kappa shape index (κ2) is 5.51. The maximum atomic E-state index is 5.39. The first kappa shape index (κ1) is 13.4. The van der Waals surface area contributed by atoms with E-state index in [1.165, 1.54) is 6.42 Å². The molecule has 0 aromatic carbocycles. The first-order valence-corrected chi connectivity index (χ1v) is 8.54. The van der Waals surface area contributed by atoms with Crippen LogP contribution in [0.15, 0.2) is 22.0 Å². The summed E-state index contributed by atoms with van der Waals surface area (Å²) in [7, 11) is 0. The Kier molecular flexibility index (Phi) is 3.52. The lowest BCUT2D eigenvalue weighted by Crippen LogP contribution is -2.34. The van der Waals surface area contributed by atoms with Crippen LogP contribution in [-0.4, -0.2) is 40.7 Å². The highest BCUT2D eigenvalue weighted by molar-refractivity contribution is 7.13. The van der Waals surface area contributed by atoms with Gasteiger partial charge in [0.15, 0.2) is 5.82 Å². The number of likely N-dealkylation sites (tertiary alicyclic amines) is 1. The normalized spacial score (nSPS) is 29.1. The van der Waals surface area contributed by atoms with Crippen molar-refractivity contribution in [2.24, 2.45) is 11.8 Å². The third-order valence-electron chi connectivity index (χ3n) is 4.79. The highest BCUT2D eigenvalue weighted by atomic mass is 32.1. The maximum Gasteiger partial charge on any atom is 0.268 e. The van der Waals surface area contributed by atoms with Gasteiger partial charge in [0.1, 0.15) is 0 Å². The van der Waals surface area contributed by atoms with Gasteiger partial charge >= 0.3 is 0 Å². The summed E-state index contributed by atoms with van der Waals surface area (Å²) in [6, 6.07) is 4.67. The van der Waals surface area contributed by atoms with Crippen molar-refractivity contribution in [2.75, 3.05) is 19.6 Å². The van der Waals surface area contributed by atoms with Crippen LogP contribution in [0.1, 0.15) is 19.2 Å². The molecule has 1 N–H and O–H groups in total. The number of nitrogens with one attached hydrogen (secondary N) is 1. The first-order chi connectivity index (χ1) is 10.3. The van der Waals surface area contributed by atoms with Crippen LogP contribution in [0, 0.1) is 11.8 Å². The molecule has 21 heavy (non-hydrogen) atoms. The topological polar surface area (TPSA) is 54.2 Å². The second-order valence-electron chi connectivity index (χ2n) is 5.98. The van der Waals surface area contributed by atoms with E-state index in [1.54, 1.807) is 11.3 Å². The third kappa shape index (κ3) is 2.41. The minimum atomic E-state index is 0.647. The molecule has 5 nitrogen and oxygen atoms in total. The van der Waals surface area contributed by atoms with E-state index in [0.29, 0.717) is 11.9 Å². The first-order valence-electron chi connectivity index (χ1n) is 7.66. The zero-order valence-corrected chi connectivity index (χ0v) is 13.0. The van der Waals surface area contributed by atoms with E-state index in [0.717, 1.165) is 48.7 Å². The van der Waals surface area contributed by atoms with Crippen LogP contribution < -0.4 is 5.32 Å². The third-order valence-corrected chi connectivity index (χ3v) is 5.65. The van der Waals surface area contributed by atoms with Crippen LogP contribution in [0.3, 0.4) is 0 Å². The molecule has 3 atom stereocenters. The smallest absolute Gasteiger partial charge is 0.268 e. The highest BCUT2D eigenvalue weighted by Crippen LogP contribution is 2.35. The Balaban J connectivity index is 1.48. The SMILES string of the molecule is CCC1C2CNCC2CN1Cc1noc(-c2cccs2)n1. The number of nitrogens with zero attached hydrogens (tertiary/aromatic N) is 3. The second-order valence-corrected chi connectivity index (χ2v) is 6.93. The van der Waals surface area contributed by atoms with Gasteiger partial charge in [-0.15, -0.1) is 11.3 Å². The monoisotopic (exact) mass is 304 g/mol. The Morgan fingerprint density at radius 3 is 3.24 bits per heavy atom. The van der Waals surface area contributed by atoms with Crippen LogP contribution in [0.4, 0.5) is 0 Å². The molecule has 4 rings (SSSR count). The molecular formula is C15H20N4OS. The Bertz CT molecular complexity index is 597. The molecule has 112 valence electrons. The summed E-state index contributed by atoms with van der Waals surface area (Å²) in [5.74, 6) is 3.04. The van der Waals surface area contributed by atoms with Crippen molar-refractivity contribution in [1.29, 1.82) is 0 Å². The molecule has 0 bridgehead atoms. The van der Waals surface area contributed by atoms with Gasteiger partial charge in [0.05, 0.1) is 11.4 Å². The van der Waals surface area contributed by atoms with Gasteiger partial charge in [0.2, 0.25) is 0 Å². The van der Waals surface area contributed by atoms with Crippen molar-refractivity contribution in [3.05, 3.63) is 23.3 Å². The van der Waals surface area contributed by atoms with Gasteiger partial charge in [-0.2, -0.15) is 4.98 Å². The van der Waals surface area contributed by atoms with Gasteiger partial charge in [-0.05, 0) is 42.8 Å². The lowest BCUT2D eigenvalue weighted by atomic mass is 9.93. The number of hydrogen-bond acceptors (Lipinski definition) is 6. The van der Waals surface area contributed by atoms with Gasteiger partial charge in [-0.1, -0.05) is 18.1 Å². The molecule has 0 amide bonds. The zero-order chi connectivity index (χ0) is 14.2. The molecule has 0 spiro atoms. The van der Waals surface area contributed by atoms with E-state index >= 15 is 0 Å². The average Bonchev–Trinajstić information content (AvgIpc) is 3.23. The zero-order valence-electron chi connectivity index (χ0n) is 12.2. The van der Waals surface area contributed by atoms with Gasteiger partial charge in [0.25, 0.3) is 5.89 Å². The van der Waals surface area contributed by atoms with Gasteiger partial charge < -0.3 is 9.84 Å². The lowest BCUT2D eigenvalue weighted by molar-refractivity contribution is 0.203. The van der Waals surface area contributed by atoms with Crippen molar-refractivity contribution in [2.45, 2.75) is 25.9 Å². The summed E-state index contributed by atoms with van der Waals surface area (Å²) < 4.78 is 5.39. The summed E-state index contributed by atoms with van der Waals surface area (Å²) in [6.45, 7) is 6.56. The minimum Gasteiger partial charge on any atom is -0.333 e. The van der Waals surface area contributed by atoms with E-state index in [1.807, 2.05) is 17.5 Å². The van der Waals surface area contributed by atoms with Crippen molar-refractivity contribution in [3.63, 3.8) is 0 Å². The van der Waals surface area contributed by atoms with E-state index in [2.05, 4.69) is 27.3 Å². The van der Waals surface area contributed by atoms with Gasteiger partial charge in [-0.3, -0.25) is 4.90 Å². The molecule has 0 radical (unpaired) electrons. The summed E-state index contributed by atoms with van der Waals surface area (Å²) >= 11 is 1.63. The van der Waals surface area contributed by atoms with E-state index in [4.69, 9.17) is 4.52 Å². The molecule has 2 aromatic heterocycles. The summed E-state index contributed by atoms with van der Waals surface area (Å²) in [5.41, 5.74) is 0. The fourth-order valence-electron chi connectivity index (χ4n) is 3.85. The Hall–Kier alpha value is -1.24. The summed E-state index contributed by atoms with van der Waals surface area (Å²) in [4.78, 5) is 8.14. The van der Waals surface area contributed by atoms with Crippen LogP contribution in [0.5, 0.6) is 0 Å². The number of fused-ring (bicyclic) bond motifs is 1. The predicted molar refractivity (Wildman–Crippen MR) is 81.9 cm³/mol. The lowest BCUT2D eigenvalue weighted by Gasteiger charge is -2.25. The highest BCUT2D eigenvalue weighted by Gasteiger charge is 2.43. The summed E-state index contributed by atoms with van der Waals surface area (Å²) in [6.07, 6.45) is 1.19. The Morgan fingerprint density at radius 2 is 2.43 bits per heavy atom. The Morgan fingerprint density at radius 1 is 1.48 bits per heavy atom. The van der Waals surface area contributed by atoms with Gasteiger partial charge in [-0.25, -0.2) is 0 Å². The molecule has 0 aliphatic carbocycles. The molecule has 2 aliphatic rings. The number of aromatic nitrogens is 2. The summed E-state index contributed by atoms with van der Waals surface area (Å²) in [5, 5.41) is 9.71. The van der Waals surface area contributed by atoms with E-state index < -0.39 is 0 Å². The molecule has 2 aromatic rings. The molecule has 2 fully saturated rings. The fourth-order valence-corrected chi connectivity index (χ4v) is 4.50. The molecule has 2 saturated heterocycles. The van der Waals surface area contributed by atoms with Crippen molar-refractivity contribution >= 4 is 11.3 Å². The fraction of sp³-hybridized carbons (Fsp3) is 0.600. The molecule has 6 heteroatoms. The maximum absolute atomic E-state index is 5.39. The molecular weight excluding hydrogens is 284 g/mol. The molecule has 0 saturated carbocycles.